The molecule has 0 bridgehead atoms. The van der Waals surface area contributed by atoms with Gasteiger partial charge in [0.15, 0.2) is 5.65 Å². The first-order chi connectivity index (χ1) is 15.4. The fourth-order valence-corrected chi connectivity index (χ4v) is 3.25. The van der Waals surface area contributed by atoms with E-state index in [9.17, 15) is 18.4 Å². The number of carbonyl (C=O) groups excluding carboxylic acids is 2. The van der Waals surface area contributed by atoms with Gasteiger partial charge in [0, 0.05) is 11.3 Å². The van der Waals surface area contributed by atoms with Crippen LogP contribution in [0.2, 0.25) is 0 Å². The van der Waals surface area contributed by atoms with Gasteiger partial charge in [-0.25, -0.2) is 23.1 Å². The minimum Gasteiger partial charge on any atom is -0.465 e. The number of amides is 1. The van der Waals surface area contributed by atoms with E-state index in [0.717, 1.165) is 4.52 Å². The Hall–Kier alpha value is -4.14. The Morgan fingerprint density at radius 1 is 1.09 bits per heavy atom. The van der Waals surface area contributed by atoms with Crippen LogP contribution < -0.4 is 5.32 Å². The van der Waals surface area contributed by atoms with Crippen molar-refractivity contribution in [3.05, 3.63) is 83.2 Å². The first kappa shape index (κ1) is 21.1. The van der Waals surface area contributed by atoms with E-state index in [-0.39, 0.29) is 22.5 Å². The molecule has 0 spiro atoms. The number of alkyl halides is 2. The number of hydrogen-bond donors (Lipinski definition) is 1. The topological polar surface area (TPSA) is 85.6 Å². The number of nitrogens with one attached hydrogen (secondary N) is 1. The standard InChI is InChI=1S/C23H18F2N4O3/c1-13-8-9-15(23(31)32-2)10-17(13)28-22(30)16-12-26-29-19(20(24)25)11-18(27-21(16)29)14-6-4-3-5-7-14/h3-12,20H,1-2H3,(H,28,30). The molecule has 0 aliphatic rings. The lowest BCUT2D eigenvalue weighted by molar-refractivity contribution is 0.0600. The number of hydrogen-bond acceptors (Lipinski definition) is 5. The monoisotopic (exact) mass is 436 g/mol. The number of methoxy groups -OCH3 is 1. The highest BCUT2D eigenvalue weighted by Gasteiger charge is 2.22. The van der Waals surface area contributed by atoms with Crippen LogP contribution in [-0.4, -0.2) is 33.6 Å². The molecule has 0 aliphatic carbocycles. The smallest absolute Gasteiger partial charge is 0.337 e. The summed E-state index contributed by atoms with van der Waals surface area (Å²) < 4.78 is 33.1. The molecule has 2 aromatic heterocycles. The Balaban J connectivity index is 1.77. The molecule has 0 saturated carbocycles. The Bertz CT molecular complexity index is 1320. The van der Waals surface area contributed by atoms with Gasteiger partial charge in [-0.05, 0) is 30.7 Å². The number of rotatable bonds is 5. The number of halogens is 2. The normalized spacial score (nSPS) is 11.0. The van der Waals surface area contributed by atoms with E-state index in [1.165, 1.54) is 25.4 Å². The average Bonchev–Trinajstić information content (AvgIpc) is 3.24. The lowest BCUT2D eigenvalue weighted by Crippen LogP contribution is -2.14. The van der Waals surface area contributed by atoms with Crippen LogP contribution in [-0.2, 0) is 4.74 Å². The van der Waals surface area contributed by atoms with E-state index in [1.54, 1.807) is 49.4 Å². The molecule has 32 heavy (non-hydrogen) atoms. The van der Waals surface area contributed by atoms with E-state index in [0.29, 0.717) is 22.5 Å². The zero-order valence-electron chi connectivity index (χ0n) is 17.2. The Morgan fingerprint density at radius 2 is 1.84 bits per heavy atom. The first-order valence-corrected chi connectivity index (χ1v) is 9.61. The van der Waals surface area contributed by atoms with Gasteiger partial charge in [-0.1, -0.05) is 36.4 Å². The average molecular weight is 436 g/mol. The van der Waals surface area contributed by atoms with Crippen LogP contribution in [0.15, 0.2) is 60.8 Å². The van der Waals surface area contributed by atoms with Gasteiger partial charge in [-0.3, -0.25) is 4.79 Å². The molecule has 2 heterocycles. The van der Waals surface area contributed by atoms with Gasteiger partial charge in [0.25, 0.3) is 12.3 Å². The highest BCUT2D eigenvalue weighted by Crippen LogP contribution is 2.27. The second-order valence-electron chi connectivity index (χ2n) is 7.00. The molecule has 0 saturated heterocycles. The number of benzene rings is 2. The summed E-state index contributed by atoms with van der Waals surface area (Å²) in [6.07, 6.45) is -1.63. The molecule has 0 radical (unpaired) electrons. The summed E-state index contributed by atoms with van der Waals surface area (Å²) in [5, 5.41) is 6.66. The molecule has 4 rings (SSSR count). The molecule has 0 aliphatic heterocycles. The largest absolute Gasteiger partial charge is 0.465 e. The van der Waals surface area contributed by atoms with Gasteiger partial charge in [0.1, 0.15) is 11.3 Å². The van der Waals surface area contributed by atoms with Crippen LogP contribution >= 0.6 is 0 Å². The summed E-state index contributed by atoms with van der Waals surface area (Å²) in [6.45, 7) is 1.76. The van der Waals surface area contributed by atoms with E-state index in [1.807, 2.05) is 0 Å². The molecule has 9 heteroatoms. The van der Waals surface area contributed by atoms with Crippen molar-refractivity contribution in [1.82, 2.24) is 14.6 Å². The molecule has 1 N–H and O–H groups in total. The number of ether oxygens (including phenoxy) is 1. The fourth-order valence-electron chi connectivity index (χ4n) is 3.25. The number of aromatic nitrogens is 3. The third-order valence-electron chi connectivity index (χ3n) is 4.94. The minimum atomic E-state index is -2.82. The maximum absolute atomic E-state index is 13.7. The molecule has 2 aromatic carbocycles. The molecule has 1 amide bonds. The number of fused-ring (bicyclic) bond motifs is 1. The summed E-state index contributed by atoms with van der Waals surface area (Å²) >= 11 is 0. The highest BCUT2D eigenvalue weighted by molar-refractivity contribution is 6.09. The SMILES string of the molecule is COC(=O)c1ccc(C)c(NC(=O)c2cnn3c(C(F)F)cc(-c4ccccc4)nc23)c1. The van der Waals surface area contributed by atoms with Crippen molar-refractivity contribution in [1.29, 1.82) is 0 Å². The van der Waals surface area contributed by atoms with E-state index >= 15 is 0 Å². The zero-order valence-corrected chi connectivity index (χ0v) is 17.2. The second kappa shape index (κ2) is 8.54. The molecule has 0 unspecified atom stereocenters. The molecule has 162 valence electrons. The minimum absolute atomic E-state index is 0.000860. The molecule has 0 fully saturated rings. The van der Waals surface area contributed by atoms with Gasteiger partial charge < -0.3 is 10.1 Å². The quantitative estimate of drug-likeness (QED) is 0.459. The van der Waals surface area contributed by atoms with Crippen LogP contribution in [0.3, 0.4) is 0 Å². The van der Waals surface area contributed by atoms with Crippen molar-refractivity contribution in [2.45, 2.75) is 13.3 Å². The van der Waals surface area contributed by atoms with Gasteiger partial charge >= 0.3 is 5.97 Å². The van der Waals surface area contributed by atoms with Gasteiger partial charge in [-0.2, -0.15) is 5.10 Å². The van der Waals surface area contributed by atoms with Crippen LogP contribution in [0.5, 0.6) is 0 Å². The van der Waals surface area contributed by atoms with Gasteiger partial charge in [0.05, 0.1) is 24.6 Å². The van der Waals surface area contributed by atoms with Crippen molar-refractivity contribution in [3.63, 3.8) is 0 Å². The van der Waals surface area contributed by atoms with Crippen LogP contribution in [0.1, 0.15) is 38.4 Å². The lowest BCUT2D eigenvalue weighted by Gasteiger charge is -2.10. The van der Waals surface area contributed by atoms with Crippen molar-refractivity contribution in [3.8, 4) is 11.3 Å². The maximum atomic E-state index is 13.7. The Labute approximate surface area is 181 Å². The number of nitrogens with zero attached hydrogens (tertiary/aromatic N) is 3. The molecular weight excluding hydrogens is 418 g/mol. The van der Waals surface area contributed by atoms with Crippen molar-refractivity contribution < 1.29 is 23.1 Å². The van der Waals surface area contributed by atoms with E-state index in [4.69, 9.17) is 4.74 Å². The number of carbonyl (C=O) groups is 2. The fraction of sp³-hybridized carbons (Fsp3) is 0.130. The summed E-state index contributed by atoms with van der Waals surface area (Å²) in [7, 11) is 1.26. The molecule has 0 atom stereocenters. The third-order valence-corrected chi connectivity index (χ3v) is 4.94. The van der Waals surface area contributed by atoms with E-state index in [2.05, 4.69) is 15.4 Å². The second-order valence-corrected chi connectivity index (χ2v) is 7.00. The lowest BCUT2D eigenvalue weighted by atomic mass is 10.1. The Kier molecular flexibility index (Phi) is 5.63. The number of aryl methyl sites for hydroxylation is 1. The molecule has 7 nitrogen and oxygen atoms in total. The summed E-state index contributed by atoms with van der Waals surface area (Å²) in [6, 6.07) is 14.8. The summed E-state index contributed by atoms with van der Waals surface area (Å²) in [5.74, 6) is -1.14. The molecule has 4 aromatic rings. The van der Waals surface area contributed by atoms with Gasteiger partial charge in [-0.15, -0.1) is 0 Å². The third kappa shape index (κ3) is 3.92. The maximum Gasteiger partial charge on any atom is 0.337 e. The molecular formula is C23H18F2N4O3. The van der Waals surface area contributed by atoms with Gasteiger partial charge in [0.2, 0.25) is 0 Å². The van der Waals surface area contributed by atoms with Crippen LogP contribution in [0.25, 0.3) is 16.9 Å². The highest BCUT2D eigenvalue weighted by atomic mass is 19.3. The summed E-state index contributed by atoms with van der Waals surface area (Å²) in [5.41, 5.74) is 1.92. The summed E-state index contributed by atoms with van der Waals surface area (Å²) in [4.78, 5) is 29.2. The predicted octanol–water partition coefficient (Wildman–Crippen LogP) is 4.68. The predicted molar refractivity (Wildman–Crippen MR) is 114 cm³/mol. The Morgan fingerprint density at radius 3 is 2.53 bits per heavy atom. The first-order valence-electron chi connectivity index (χ1n) is 9.61. The van der Waals surface area contributed by atoms with Crippen molar-refractivity contribution in [2.24, 2.45) is 0 Å². The van der Waals surface area contributed by atoms with Crippen molar-refractivity contribution >= 4 is 23.2 Å². The number of anilines is 1. The zero-order chi connectivity index (χ0) is 22.8. The van der Waals surface area contributed by atoms with E-state index < -0.39 is 18.3 Å². The van der Waals surface area contributed by atoms with Crippen molar-refractivity contribution in [2.75, 3.05) is 12.4 Å². The number of esters is 1. The van der Waals surface area contributed by atoms with Crippen LogP contribution in [0.4, 0.5) is 14.5 Å². The van der Waals surface area contributed by atoms with Crippen LogP contribution in [0, 0.1) is 6.92 Å².